The molecule has 21 heavy (non-hydrogen) atoms. The molecule has 0 amide bonds. The SMILES string of the molecule is COc1ccc2c(ccn2Sc2ccc(C(=O)O)cc2)c1. The molecule has 0 radical (unpaired) electrons. The molecule has 0 saturated heterocycles. The molecule has 1 heterocycles. The number of carboxylic acid groups (broad SMARTS) is 1. The lowest BCUT2D eigenvalue weighted by Crippen LogP contribution is -1.95. The summed E-state index contributed by atoms with van der Waals surface area (Å²) in [7, 11) is 1.65. The number of carboxylic acids is 1. The van der Waals surface area contributed by atoms with Crippen molar-refractivity contribution in [1.82, 2.24) is 3.97 Å². The van der Waals surface area contributed by atoms with Crippen LogP contribution in [-0.2, 0) is 0 Å². The number of rotatable bonds is 4. The largest absolute Gasteiger partial charge is 0.497 e. The molecule has 0 spiro atoms. The zero-order chi connectivity index (χ0) is 14.8. The maximum absolute atomic E-state index is 10.8. The fraction of sp³-hybridized carbons (Fsp3) is 0.0625. The lowest BCUT2D eigenvalue weighted by molar-refractivity contribution is 0.0697. The Morgan fingerprint density at radius 3 is 2.57 bits per heavy atom. The van der Waals surface area contributed by atoms with Crippen molar-refractivity contribution in [2.45, 2.75) is 4.90 Å². The summed E-state index contributed by atoms with van der Waals surface area (Å²) in [6.45, 7) is 0. The summed E-state index contributed by atoms with van der Waals surface area (Å²) >= 11 is 1.54. The van der Waals surface area contributed by atoms with E-state index in [1.165, 1.54) is 0 Å². The summed E-state index contributed by atoms with van der Waals surface area (Å²) in [5.74, 6) is -0.0823. The zero-order valence-electron chi connectivity index (χ0n) is 11.3. The van der Waals surface area contributed by atoms with Crippen LogP contribution in [0.3, 0.4) is 0 Å². The maximum Gasteiger partial charge on any atom is 0.335 e. The number of hydrogen-bond donors (Lipinski definition) is 1. The first-order valence-electron chi connectivity index (χ1n) is 6.34. The molecular weight excluding hydrogens is 286 g/mol. The molecule has 3 aromatic rings. The quantitative estimate of drug-likeness (QED) is 0.793. The topological polar surface area (TPSA) is 51.5 Å². The Bertz CT molecular complexity index is 793. The Morgan fingerprint density at radius 2 is 1.90 bits per heavy atom. The number of carbonyl (C=O) groups is 1. The summed E-state index contributed by atoms with van der Waals surface area (Å²) in [4.78, 5) is 11.8. The molecule has 0 aliphatic rings. The second-order valence-corrected chi connectivity index (χ2v) is 5.53. The van der Waals surface area contributed by atoms with Crippen molar-refractivity contribution in [1.29, 1.82) is 0 Å². The molecule has 1 N–H and O–H groups in total. The van der Waals surface area contributed by atoms with Crippen LogP contribution in [0, 0.1) is 0 Å². The van der Waals surface area contributed by atoms with Gasteiger partial charge in [0.2, 0.25) is 0 Å². The van der Waals surface area contributed by atoms with Crippen molar-refractivity contribution < 1.29 is 14.6 Å². The van der Waals surface area contributed by atoms with Crippen LogP contribution in [0.5, 0.6) is 5.75 Å². The average molecular weight is 299 g/mol. The van der Waals surface area contributed by atoms with Gasteiger partial charge in [0.05, 0.1) is 18.2 Å². The predicted molar refractivity (Wildman–Crippen MR) is 83.1 cm³/mol. The molecule has 3 rings (SSSR count). The van der Waals surface area contributed by atoms with Gasteiger partial charge in [0, 0.05) is 16.5 Å². The van der Waals surface area contributed by atoms with E-state index in [1.54, 1.807) is 31.2 Å². The second kappa shape index (κ2) is 5.54. The number of benzene rings is 2. The minimum atomic E-state index is -0.912. The summed E-state index contributed by atoms with van der Waals surface area (Å²) in [5, 5.41) is 10.0. The van der Waals surface area contributed by atoms with Gasteiger partial charge in [0.15, 0.2) is 0 Å². The van der Waals surface area contributed by atoms with E-state index in [1.807, 2.05) is 46.6 Å². The number of nitrogens with zero attached hydrogens (tertiary/aromatic N) is 1. The monoisotopic (exact) mass is 299 g/mol. The molecule has 2 aromatic carbocycles. The van der Waals surface area contributed by atoms with Crippen LogP contribution >= 0.6 is 11.9 Å². The van der Waals surface area contributed by atoms with E-state index in [0.717, 1.165) is 21.5 Å². The van der Waals surface area contributed by atoms with Crippen LogP contribution in [0.25, 0.3) is 10.9 Å². The summed E-state index contributed by atoms with van der Waals surface area (Å²) in [6.07, 6.45) is 1.99. The molecule has 0 bridgehead atoms. The van der Waals surface area contributed by atoms with Gasteiger partial charge in [0.25, 0.3) is 0 Å². The van der Waals surface area contributed by atoms with E-state index >= 15 is 0 Å². The van der Waals surface area contributed by atoms with E-state index in [4.69, 9.17) is 9.84 Å². The first-order valence-corrected chi connectivity index (χ1v) is 7.11. The Labute approximate surface area is 126 Å². The van der Waals surface area contributed by atoms with E-state index in [2.05, 4.69) is 0 Å². The predicted octanol–water partition coefficient (Wildman–Crippen LogP) is 3.90. The summed E-state index contributed by atoms with van der Waals surface area (Å²) in [5.41, 5.74) is 1.38. The molecule has 0 aliphatic heterocycles. The molecule has 1 aromatic heterocycles. The third-order valence-electron chi connectivity index (χ3n) is 3.17. The normalized spacial score (nSPS) is 10.7. The van der Waals surface area contributed by atoms with E-state index in [0.29, 0.717) is 5.56 Å². The first kappa shape index (κ1) is 13.6. The minimum Gasteiger partial charge on any atom is -0.497 e. The molecule has 0 atom stereocenters. The third kappa shape index (κ3) is 2.73. The van der Waals surface area contributed by atoms with Crippen LogP contribution in [0.4, 0.5) is 0 Å². The van der Waals surface area contributed by atoms with Crippen LogP contribution < -0.4 is 4.74 Å². The summed E-state index contributed by atoms with van der Waals surface area (Å²) in [6, 6.07) is 14.8. The number of aromatic nitrogens is 1. The van der Waals surface area contributed by atoms with E-state index in [9.17, 15) is 4.79 Å². The van der Waals surface area contributed by atoms with Crippen molar-refractivity contribution in [2.75, 3.05) is 7.11 Å². The fourth-order valence-electron chi connectivity index (χ4n) is 2.07. The lowest BCUT2D eigenvalue weighted by atomic mass is 10.2. The van der Waals surface area contributed by atoms with Crippen LogP contribution in [0.2, 0.25) is 0 Å². The van der Waals surface area contributed by atoms with Gasteiger partial charge in [-0.3, -0.25) is 3.97 Å². The molecule has 106 valence electrons. The zero-order valence-corrected chi connectivity index (χ0v) is 12.1. The maximum atomic E-state index is 10.8. The number of methoxy groups -OCH3 is 1. The van der Waals surface area contributed by atoms with Gasteiger partial charge in [-0.05, 0) is 60.5 Å². The number of aromatic carboxylic acids is 1. The summed E-state index contributed by atoms with van der Waals surface area (Å²) < 4.78 is 7.26. The molecule has 5 heteroatoms. The van der Waals surface area contributed by atoms with Crippen LogP contribution in [0.1, 0.15) is 10.4 Å². The van der Waals surface area contributed by atoms with Crippen molar-refractivity contribution in [3.63, 3.8) is 0 Å². The van der Waals surface area contributed by atoms with Crippen molar-refractivity contribution in [3.05, 3.63) is 60.3 Å². The first-order chi connectivity index (χ1) is 10.2. The van der Waals surface area contributed by atoms with Crippen molar-refractivity contribution in [3.8, 4) is 5.75 Å². The van der Waals surface area contributed by atoms with Gasteiger partial charge in [-0.25, -0.2) is 4.79 Å². The number of ether oxygens (including phenoxy) is 1. The smallest absolute Gasteiger partial charge is 0.335 e. The van der Waals surface area contributed by atoms with Gasteiger partial charge < -0.3 is 9.84 Å². The van der Waals surface area contributed by atoms with Gasteiger partial charge in [-0.2, -0.15) is 0 Å². The standard InChI is InChI=1S/C16H13NO3S/c1-20-13-4-7-15-12(10-13)8-9-17(15)21-14-5-2-11(3-6-14)16(18)19/h2-10H,1H3,(H,18,19). The Balaban J connectivity index is 1.89. The van der Waals surface area contributed by atoms with Crippen LogP contribution in [0.15, 0.2) is 59.6 Å². The highest BCUT2D eigenvalue weighted by Gasteiger charge is 2.06. The second-order valence-electron chi connectivity index (χ2n) is 4.49. The Kier molecular flexibility index (Phi) is 3.58. The Morgan fingerprint density at radius 1 is 1.14 bits per heavy atom. The molecule has 4 nitrogen and oxygen atoms in total. The number of hydrogen-bond acceptors (Lipinski definition) is 3. The van der Waals surface area contributed by atoms with E-state index in [-0.39, 0.29) is 0 Å². The molecule has 0 aliphatic carbocycles. The van der Waals surface area contributed by atoms with Crippen LogP contribution in [-0.4, -0.2) is 22.2 Å². The van der Waals surface area contributed by atoms with Gasteiger partial charge in [0.1, 0.15) is 5.75 Å². The lowest BCUT2D eigenvalue weighted by Gasteiger charge is -2.05. The highest BCUT2D eigenvalue weighted by molar-refractivity contribution is 7.98. The highest BCUT2D eigenvalue weighted by Crippen LogP contribution is 2.28. The van der Waals surface area contributed by atoms with Gasteiger partial charge in [-0.15, -0.1) is 0 Å². The van der Waals surface area contributed by atoms with Gasteiger partial charge >= 0.3 is 5.97 Å². The van der Waals surface area contributed by atoms with Crippen molar-refractivity contribution >= 4 is 28.8 Å². The minimum absolute atomic E-state index is 0.293. The fourth-order valence-corrected chi connectivity index (χ4v) is 2.94. The van der Waals surface area contributed by atoms with Crippen molar-refractivity contribution in [2.24, 2.45) is 0 Å². The Hall–Kier alpha value is -2.40. The highest BCUT2D eigenvalue weighted by atomic mass is 32.2. The molecule has 0 unspecified atom stereocenters. The van der Waals surface area contributed by atoms with Gasteiger partial charge in [-0.1, -0.05) is 0 Å². The molecule has 0 fully saturated rings. The number of fused-ring (bicyclic) bond motifs is 1. The van der Waals surface area contributed by atoms with E-state index < -0.39 is 5.97 Å². The molecule has 0 saturated carbocycles. The average Bonchev–Trinajstić information content (AvgIpc) is 2.90. The molecular formula is C16H13NO3S. The third-order valence-corrected chi connectivity index (χ3v) is 4.16.